The molecule has 1 rings (SSSR count). The minimum absolute atomic E-state index is 0.0428. The number of carbonyl (C=O) groups excluding carboxylic acids is 1. The van der Waals surface area contributed by atoms with Crippen molar-refractivity contribution in [3.05, 3.63) is 29.8 Å². The van der Waals surface area contributed by atoms with Gasteiger partial charge in [-0.2, -0.15) is 0 Å². The molecule has 0 saturated heterocycles. The highest BCUT2D eigenvalue weighted by Crippen LogP contribution is 2.09. The van der Waals surface area contributed by atoms with Crippen molar-refractivity contribution in [3.63, 3.8) is 0 Å². The topological polar surface area (TPSA) is 41.1 Å². The maximum absolute atomic E-state index is 11.1. The normalized spacial score (nSPS) is 9.57. The Labute approximate surface area is 84.5 Å². The molecule has 0 aliphatic heterocycles. The van der Waals surface area contributed by atoms with Gasteiger partial charge in [0, 0.05) is 19.3 Å². The van der Waals surface area contributed by atoms with E-state index < -0.39 is 0 Å². The number of likely N-dealkylation sites (N-methyl/N-ethyl adjacent to an activating group) is 1. The zero-order valence-electron chi connectivity index (χ0n) is 8.63. The van der Waals surface area contributed by atoms with Crippen LogP contribution in [0, 0.1) is 0 Å². The number of hydrogen-bond acceptors (Lipinski definition) is 2. The van der Waals surface area contributed by atoms with E-state index in [1.54, 1.807) is 7.05 Å². The fraction of sp³-hybridized carbons (Fsp3) is 0.364. The number of amides is 1. The average Bonchev–Trinajstić information content (AvgIpc) is 2.21. The van der Waals surface area contributed by atoms with Crippen molar-refractivity contribution in [3.8, 4) is 0 Å². The number of benzene rings is 1. The summed E-state index contributed by atoms with van der Waals surface area (Å²) >= 11 is 0. The van der Waals surface area contributed by atoms with E-state index >= 15 is 0 Å². The van der Waals surface area contributed by atoms with Gasteiger partial charge in [-0.15, -0.1) is 0 Å². The quantitative estimate of drug-likeness (QED) is 0.757. The van der Waals surface area contributed by atoms with E-state index in [4.69, 9.17) is 0 Å². The molecule has 1 aromatic carbocycles. The van der Waals surface area contributed by atoms with Gasteiger partial charge < -0.3 is 10.6 Å². The Kier molecular flexibility index (Phi) is 3.98. The van der Waals surface area contributed by atoms with Crippen molar-refractivity contribution in [1.29, 1.82) is 0 Å². The van der Waals surface area contributed by atoms with Crippen molar-refractivity contribution in [2.45, 2.75) is 13.3 Å². The molecule has 1 aromatic rings. The van der Waals surface area contributed by atoms with Crippen LogP contribution in [0.2, 0.25) is 0 Å². The second-order valence-corrected chi connectivity index (χ2v) is 3.08. The second-order valence-electron chi connectivity index (χ2n) is 3.08. The molecule has 0 aliphatic carbocycles. The van der Waals surface area contributed by atoms with Crippen molar-refractivity contribution < 1.29 is 4.79 Å². The molecule has 3 nitrogen and oxygen atoms in total. The summed E-state index contributed by atoms with van der Waals surface area (Å²) < 4.78 is 0. The first-order chi connectivity index (χ1) is 6.76. The van der Waals surface area contributed by atoms with Crippen LogP contribution >= 0.6 is 0 Å². The summed E-state index contributed by atoms with van der Waals surface area (Å²) in [5.74, 6) is 0.0428. The summed E-state index contributed by atoms with van der Waals surface area (Å²) in [6, 6.07) is 7.91. The molecular formula is C11H16N2O. The van der Waals surface area contributed by atoms with Gasteiger partial charge in [-0.05, 0) is 24.6 Å². The summed E-state index contributed by atoms with van der Waals surface area (Å²) in [5.41, 5.74) is 2.12. The van der Waals surface area contributed by atoms with Crippen LogP contribution in [0.5, 0.6) is 0 Å². The highest BCUT2D eigenvalue weighted by Gasteiger charge is 1.99. The van der Waals surface area contributed by atoms with Crippen LogP contribution in [0.3, 0.4) is 0 Å². The van der Waals surface area contributed by atoms with Crippen molar-refractivity contribution >= 4 is 11.6 Å². The minimum Gasteiger partial charge on any atom is -0.385 e. The number of rotatable bonds is 4. The Hall–Kier alpha value is -1.51. The molecular weight excluding hydrogens is 176 g/mol. The molecule has 0 unspecified atom stereocenters. The second kappa shape index (κ2) is 5.27. The largest absolute Gasteiger partial charge is 0.385 e. The first-order valence-corrected chi connectivity index (χ1v) is 4.79. The molecule has 3 heteroatoms. The molecule has 14 heavy (non-hydrogen) atoms. The van der Waals surface area contributed by atoms with Gasteiger partial charge in [-0.25, -0.2) is 0 Å². The first kappa shape index (κ1) is 10.6. The molecule has 0 saturated carbocycles. The van der Waals surface area contributed by atoms with Crippen LogP contribution in [-0.2, 0) is 11.2 Å². The van der Waals surface area contributed by atoms with Gasteiger partial charge in [0.2, 0.25) is 5.91 Å². The molecule has 1 amide bonds. The highest BCUT2D eigenvalue weighted by atomic mass is 16.1. The number of hydrogen-bond donors (Lipinski definition) is 2. The van der Waals surface area contributed by atoms with E-state index in [1.165, 1.54) is 0 Å². The average molecular weight is 192 g/mol. The minimum atomic E-state index is 0.0428. The smallest absolute Gasteiger partial charge is 0.224 e. The van der Waals surface area contributed by atoms with Crippen molar-refractivity contribution in [2.75, 3.05) is 18.9 Å². The molecule has 0 aliphatic rings. The maximum Gasteiger partial charge on any atom is 0.224 e. The van der Waals surface area contributed by atoms with Gasteiger partial charge in [-0.3, -0.25) is 4.79 Å². The molecule has 0 spiro atoms. The van der Waals surface area contributed by atoms with E-state index in [9.17, 15) is 4.79 Å². The van der Waals surface area contributed by atoms with Crippen LogP contribution in [0.1, 0.15) is 12.5 Å². The van der Waals surface area contributed by atoms with Crippen LogP contribution in [-0.4, -0.2) is 19.5 Å². The molecule has 0 radical (unpaired) electrons. The van der Waals surface area contributed by atoms with E-state index in [2.05, 4.69) is 17.6 Å². The zero-order chi connectivity index (χ0) is 10.4. The molecule has 0 heterocycles. The van der Waals surface area contributed by atoms with Crippen molar-refractivity contribution in [2.24, 2.45) is 0 Å². The van der Waals surface area contributed by atoms with Gasteiger partial charge in [0.25, 0.3) is 0 Å². The van der Waals surface area contributed by atoms with E-state index in [1.807, 2.05) is 24.3 Å². The SMILES string of the molecule is CCNc1ccc(CC(=O)NC)cc1. The maximum atomic E-state index is 11.1. The predicted molar refractivity (Wildman–Crippen MR) is 58.4 cm³/mol. The predicted octanol–water partition coefficient (Wildman–Crippen LogP) is 1.41. The summed E-state index contributed by atoms with van der Waals surface area (Å²) in [7, 11) is 1.65. The summed E-state index contributed by atoms with van der Waals surface area (Å²) in [4.78, 5) is 11.1. The molecule has 0 aromatic heterocycles. The summed E-state index contributed by atoms with van der Waals surface area (Å²) in [6.45, 7) is 2.97. The molecule has 0 fully saturated rings. The molecule has 0 bridgehead atoms. The standard InChI is InChI=1S/C11H16N2O/c1-3-13-10-6-4-9(5-7-10)8-11(14)12-2/h4-7,13H,3,8H2,1-2H3,(H,12,14). The zero-order valence-corrected chi connectivity index (χ0v) is 8.63. The number of anilines is 1. The van der Waals surface area contributed by atoms with E-state index in [0.29, 0.717) is 6.42 Å². The Morgan fingerprint density at radius 3 is 2.43 bits per heavy atom. The fourth-order valence-corrected chi connectivity index (χ4v) is 1.22. The lowest BCUT2D eigenvalue weighted by Crippen LogP contribution is -2.19. The molecule has 0 atom stereocenters. The van der Waals surface area contributed by atoms with Gasteiger partial charge in [-0.1, -0.05) is 12.1 Å². The third-order valence-electron chi connectivity index (χ3n) is 1.98. The van der Waals surface area contributed by atoms with E-state index in [-0.39, 0.29) is 5.91 Å². The van der Waals surface area contributed by atoms with Crippen LogP contribution in [0.15, 0.2) is 24.3 Å². The van der Waals surface area contributed by atoms with Gasteiger partial charge >= 0.3 is 0 Å². The van der Waals surface area contributed by atoms with Crippen LogP contribution in [0.4, 0.5) is 5.69 Å². The Bertz CT molecular complexity index is 293. The Balaban J connectivity index is 2.59. The van der Waals surface area contributed by atoms with E-state index in [0.717, 1.165) is 17.8 Å². The molecule has 2 N–H and O–H groups in total. The highest BCUT2D eigenvalue weighted by molar-refractivity contribution is 5.78. The lowest BCUT2D eigenvalue weighted by Gasteiger charge is -2.04. The van der Waals surface area contributed by atoms with Gasteiger partial charge in [0.1, 0.15) is 0 Å². The first-order valence-electron chi connectivity index (χ1n) is 4.79. The van der Waals surface area contributed by atoms with Crippen LogP contribution < -0.4 is 10.6 Å². The van der Waals surface area contributed by atoms with Crippen molar-refractivity contribution in [1.82, 2.24) is 5.32 Å². The molecule has 76 valence electrons. The van der Waals surface area contributed by atoms with Gasteiger partial charge in [0.05, 0.1) is 6.42 Å². The Morgan fingerprint density at radius 2 is 1.93 bits per heavy atom. The lowest BCUT2D eigenvalue weighted by atomic mass is 10.1. The summed E-state index contributed by atoms with van der Waals surface area (Å²) in [6.07, 6.45) is 0.447. The summed E-state index contributed by atoms with van der Waals surface area (Å²) in [5, 5.41) is 5.80. The number of carbonyl (C=O) groups is 1. The fourth-order valence-electron chi connectivity index (χ4n) is 1.22. The van der Waals surface area contributed by atoms with Crippen LogP contribution in [0.25, 0.3) is 0 Å². The lowest BCUT2D eigenvalue weighted by molar-refractivity contribution is -0.119. The van der Waals surface area contributed by atoms with Gasteiger partial charge in [0.15, 0.2) is 0 Å². The third-order valence-corrected chi connectivity index (χ3v) is 1.98. The third kappa shape index (κ3) is 3.09. The Morgan fingerprint density at radius 1 is 1.29 bits per heavy atom. The monoisotopic (exact) mass is 192 g/mol. The number of nitrogens with one attached hydrogen (secondary N) is 2.